The van der Waals surface area contributed by atoms with Gasteiger partial charge in [-0.25, -0.2) is 0 Å². The van der Waals surface area contributed by atoms with Gasteiger partial charge in [-0.1, -0.05) is 25.5 Å². The predicted octanol–water partition coefficient (Wildman–Crippen LogP) is 3.31. The van der Waals surface area contributed by atoms with E-state index < -0.39 is 0 Å². The lowest BCUT2D eigenvalue weighted by Crippen LogP contribution is -2.17. The number of ketones is 1. The maximum atomic E-state index is 12.4. The van der Waals surface area contributed by atoms with E-state index in [1.807, 2.05) is 24.3 Å². The number of hydrogen-bond acceptors (Lipinski definition) is 2. The molecule has 16 heavy (non-hydrogen) atoms. The van der Waals surface area contributed by atoms with Gasteiger partial charge in [0.1, 0.15) is 5.75 Å². The van der Waals surface area contributed by atoms with Crippen LogP contribution in [0.15, 0.2) is 24.3 Å². The van der Waals surface area contributed by atoms with Gasteiger partial charge in [-0.2, -0.15) is 0 Å². The zero-order valence-corrected chi connectivity index (χ0v) is 9.90. The van der Waals surface area contributed by atoms with Gasteiger partial charge in [-0.3, -0.25) is 4.79 Å². The Morgan fingerprint density at radius 1 is 1.31 bits per heavy atom. The first-order valence-corrected chi connectivity index (χ1v) is 5.91. The minimum atomic E-state index is 0.191. The van der Waals surface area contributed by atoms with Gasteiger partial charge < -0.3 is 4.74 Å². The Labute approximate surface area is 96.6 Å². The summed E-state index contributed by atoms with van der Waals surface area (Å²) in [6.07, 6.45) is 3.37. The van der Waals surface area contributed by atoms with E-state index >= 15 is 0 Å². The number of ether oxygens (including phenoxy) is 1. The van der Waals surface area contributed by atoms with E-state index in [2.05, 4.69) is 6.92 Å². The number of methoxy groups -OCH3 is 1. The van der Waals surface area contributed by atoms with Crippen LogP contribution in [0.3, 0.4) is 0 Å². The third-order valence-electron chi connectivity index (χ3n) is 3.57. The monoisotopic (exact) mass is 218 g/mol. The summed E-state index contributed by atoms with van der Waals surface area (Å²) < 4.78 is 5.24. The van der Waals surface area contributed by atoms with E-state index in [4.69, 9.17) is 4.74 Å². The Morgan fingerprint density at radius 3 is 2.69 bits per heavy atom. The largest absolute Gasteiger partial charge is 0.496 e. The average Bonchev–Trinajstić information content (AvgIpc) is 2.74. The molecule has 0 aromatic heterocycles. The number of rotatable bonds is 3. The molecule has 2 nitrogen and oxygen atoms in total. The second-order valence-corrected chi connectivity index (χ2v) is 4.58. The third kappa shape index (κ3) is 1.97. The van der Waals surface area contributed by atoms with Crippen LogP contribution in [0.1, 0.15) is 36.5 Å². The van der Waals surface area contributed by atoms with Gasteiger partial charge in [0.2, 0.25) is 0 Å². The van der Waals surface area contributed by atoms with Crippen molar-refractivity contribution in [2.75, 3.05) is 7.11 Å². The van der Waals surface area contributed by atoms with Gasteiger partial charge in [0.25, 0.3) is 0 Å². The Hall–Kier alpha value is -1.31. The number of Topliss-reactive ketones (excluding diaryl/α,β-unsaturated/α-hetero) is 1. The van der Waals surface area contributed by atoms with Gasteiger partial charge in [0.05, 0.1) is 12.7 Å². The molecule has 2 atom stereocenters. The number of carbonyl (C=O) groups is 1. The van der Waals surface area contributed by atoms with Crippen molar-refractivity contribution in [3.8, 4) is 5.75 Å². The average molecular weight is 218 g/mol. The first-order chi connectivity index (χ1) is 7.74. The SMILES string of the molecule is COc1ccccc1C(=O)C1CCCC1C. The fourth-order valence-corrected chi connectivity index (χ4v) is 2.58. The van der Waals surface area contributed by atoms with Crippen molar-refractivity contribution in [3.05, 3.63) is 29.8 Å². The summed E-state index contributed by atoms with van der Waals surface area (Å²) in [5.74, 6) is 1.66. The lowest BCUT2D eigenvalue weighted by Gasteiger charge is -2.15. The maximum Gasteiger partial charge on any atom is 0.169 e. The zero-order valence-electron chi connectivity index (χ0n) is 9.90. The second-order valence-electron chi connectivity index (χ2n) is 4.58. The molecule has 0 aliphatic heterocycles. The summed E-state index contributed by atoms with van der Waals surface area (Å²) in [5.41, 5.74) is 0.740. The molecular weight excluding hydrogens is 200 g/mol. The van der Waals surface area contributed by atoms with Crippen molar-refractivity contribution in [1.29, 1.82) is 0 Å². The highest BCUT2D eigenvalue weighted by molar-refractivity contribution is 6.00. The minimum absolute atomic E-state index is 0.191. The Kier molecular flexibility index (Phi) is 3.28. The summed E-state index contributed by atoms with van der Waals surface area (Å²) in [6, 6.07) is 7.52. The summed E-state index contributed by atoms with van der Waals surface area (Å²) in [4.78, 5) is 12.4. The molecule has 1 aliphatic carbocycles. The summed E-state index contributed by atoms with van der Waals surface area (Å²) in [6.45, 7) is 2.17. The summed E-state index contributed by atoms with van der Waals surface area (Å²) in [7, 11) is 1.62. The molecule has 0 radical (unpaired) electrons. The van der Waals surface area contributed by atoms with Crippen LogP contribution in [-0.4, -0.2) is 12.9 Å². The van der Waals surface area contributed by atoms with E-state index in [1.54, 1.807) is 7.11 Å². The van der Waals surface area contributed by atoms with E-state index in [0.717, 1.165) is 12.0 Å². The number of para-hydroxylation sites is 1. The van der Waals surface area contributed by atoms with Crippen molar-refractivity contribution in [2.24, 2.45) is 11.8 Å². The topological polar surface area (TPSA) is 26.3 Å². The standard InChI is InChI=1S/C14H18O2/c1-10-6-5-8-11(10)14(15)12-7-3-4-9-13(12)16-2/h3-4,7,9-11H,5-6,8H2,1-2H3. The smallest absolute Gasteiger partial charge is 0.169 e. The van der Waals surface area contributed by atoms with Crippen LogP contribution in [0.25, 0.3) is 0 Å². The molecule has 0 heterocycles. The molecule has 1 aliphatic rings. The summed E-state index contributed by atoms with van der Waals surface area (Å²) in [5, 5.41) is 0. The highest BCUT2D eigenvalue weighted by Gasteiger charge is 2.31. The molecule has 2 unspecified atom stereocenters. The molecule has 1 fully saturated rings. The molecular formula is C14H18O2. The van der Waals surface area contributed by atoms with Gasteiger partial charge in [-0.05, 0) is 30.9 Å². The highest BCUT2D eigenvalue weighted by atomic mass is 16.5. The molecule has 2 rings (SSSR count). The quantitative estimate of drug-likeness (QED) is 0.727. The van der Waals surface area contributed by atoms with Crippen LogP contribution >= 0.6 is 0 Å². The molecule has 1 saturated carbocycles. The molecule has 0 amide bonds. The normalized spacial score (nSPS) is 24.4. The fraction of sp³-hybridized carbons (Fsp3) is 0.500. The van der Waals surface area contributed by atoms with Gasteiger partial charge in [0.15, 0.2) is 5.78 Å². The van der Waals surface area contributed by atoms with Crippen LogP contribution in [0, 0.1) is 11.8 Å². The minimum Gasteiger partial charge on any atom is -0.496 e. The second kappa shape index (κ2) is 4.69. The maximum absolute atomic E-state index is 12.4. The van der Waals surface area contributed by atoms with Crippen LogP contribution < -0.4 is 4.74 Å². The fourth-order valence-electron chi connectivity index (χ4n) is 2.58. The molecule has 2 heteroatoms. The van der Waals surface area contributed by atoms with Crippen LogP contribution in [0.4, 0.5) is 0 Å². The van der Waals surface area contributed by atoms with Crippen molar-refractivity contribution >= 4 is 5.78 Å². The molecule has 0 bridgehead atoms. The molecule has 0 saturated heterocycles. The van der Waals surface area contributed by atoms with Crippen LogP contribution in [0.2, 0.25) is 0 Å². The van der Waals surface area contributed by atoms with Crippen molar-refractivity contribution in [3.63, 3.8) is 0 Å². The first-order valence-electron chi connectivity index (χ1n) is 5.91. The third-order valence-corrected chi connectivity index (χ3v) is 3.57. The van der Waals surface area contributed by atoms with Crippen molar-refractivity contribution in [1.82, 2.24) is 0 Å². The molecule has 0 spiro atoms. The molecule has 86 valence electrons. The van der Waals surface area contributed by atoms with E-state index in [-0.39, 0.29) is 11.7 Å². The Morgan fingerprint density at radius 2 is 2.06 bits per heavy atom. The lowest BCUT2D eigenvalue weighted by molar-refractivity contribution is 0.0894. The molecule has 1 aromatic rings. The highest BCUT2D eigenvalue weighted by Crippen LogP contribution is 2.35. The van der Waals surface area contributed by atoms with Crippen LogP contribution in [0.5, 0.6) is 5.75 Å². The summed E-state index contributed by atoms with van der Waals surface area (Å²) >= 11 is 0. The number of hydrogen-bond donors (Lipinski definition) is 0. The van der Waals surface area contributed by atoms with Gasteiger partial charge in [0, 0.05) is 5.92 Å². The lowest BCUT2D eigenvalue weighted by atomic mass is 9.89. The van der Waals surface area contributed by atoms with Gasteiger partial charge in [-0.15, -0.1) is 0 Å². The van der Waals surface area contributed by atoms with Crippen molar-refractivity contribution < 1.29 is 9.53 Å². The molecule has 0 N–H and O–H groups in total. The predicted molar refractivity (Wildman–Crippen MR) is 63.8 cm³/mol. The Balaban J connectivity index is 2.26. The first kappa shape index (κ1) is 11.2. The van der Waals surface area contributed by atoms with E-state index in [1.165, 1.54) is 12.8 Å². The number of carbonyl (C=O) groups excluding carboxylic acids is 1. The molecule has 1 aromatic carbocycles. The van der Waals surface area contributed by atoms with Gasteiger partial charge >= 0.3 is 0 Å². The van der Waals surface area contributed by atoms with E-state index in [0.29, 0.717) is 11.7 Å². The van der Waals surface area contributed by atoms with Crippen LogP contribution in [-0.2, 0) is 0 Å². The van der Waals surface area contributed by atoms with Crippen molar-refractivity contribution in [2.45, 2.75) is 26.2 Å². The van der Waals surface area contributed by atoms with E-state index in [9.17, 15) is 4.79 Å². The number of benzene rings is 1. The Bertz CT molecular complexity index is 384. The zero-order chi connectivity index (χ0) is 11.5.